The molecule has 2 amide bonds. The Morgan fingerprint density at radius 2 is 1.70 bits per heavy atom. The van der Waals surface area contributed by atoms with Crippen LogP contribution in [0.4, 0.5) is 0 Å². The van der Waals surface area contributed by atoms with Gasteiger partial charge in [0, 0.05) is 31.3 Å². The molecule has 1 rings (SSSR count). The zero-order valence-electron chi connectivity index (χ0n) is 13.5. The van der Waals surface area contributed by atoms with Gasteiger partial charge >= 0.3 is 5.97 Å². The Kier molecular flexibility index (Phi) is 7.80. The fourth-order valence-electron chi connectivity index (χ4n) is 2.25. The zero-order valence-corrected chi connectivity index (χ0v) is 13.5. The maximum absolute atomic E-state index is 12.0. The van der Waals surface area contributed by atoms with Crippen molar-refractivity contribution >= 4 is 17.8 Å². The van der Waals surface area contributed by atoms with Crippen molar-refractivity contribution in [3.05, 3.63) is 35.9 Å². The van der Waals surface area contributed by atoms with Crippen molar-refractivity contribution in [2.75, 3.05) is 6.54 Å². The summed E-state index contributed by atoms with van der Waals surface area (Å²) >= 11 is 0. The SMILES string of the molecule is CC(C)NC(=O)CCNC(=O)C[C@@H](CC(=O)O)c1ccccc1. The number of hydrogen-bond donors (Lipinski definition) is 3. The summed E-state index contributed by atoms with van der Waals surface area (Å²) in [4.78, 5) is 34.4. The maximum atomic E-state index is 12.0. The van der Waals surface area contributed by atoms with E-state index in [1.165, 1.54) is 0 Å². The van der Waals surface area contributed by atoms with Gasteiger partial charge in [-0.3, -0.25) is 14.4 Å². The van der Waals surface area contributed by atoms with Crippen LogP contribution in [-0.2, 0) is 14.4 Å². The van der Waals surface area contributed by atoms with Crippen molar-refractivity contribution < 1.29 is 19.5 Å². The van der Waals surface area contributed by atoms with Gasteiger partial charge in [0.15, 0.2) is 0 Å². The van der Waals surface area contributed by atoms with Gasteiger partial charge in [-0.15, -0.1) is 0 Å². The van der Waals surface area contributed by atoms with Crippen LogP contribution < -0.4 is 10.6 Å². The molecule has 6 heteroatoms. The summed E-state index contributed by atoms with van der Waals surface area (Å²) in [7, 11) is 0. The summed E-state index contributed by atoms with van der Waals surface area (Å²) in [5.74, 6) is -1.69. The molecule has 0 heterocycles. The highest BCUT2D eigenvalue weighted by Crippen LogP contribution is 2.23. The first-order valence-corrected chi connectivity index (χ1v) is 7.71. The Morgan fingerprint density at radius 3 is 2.26 bits per heavy atom. The van der Waals surface area contributed by atoms with E-state index in [1.54, 1.807) is 0 Å². The van der Waals surface area contributed by atoms with E-state index in [2.05, 4.69) is 10.6 Å². The molecule has 1 aromatic rings. The lowest BCUT2D eigenvalue weighted by molar-refractivity contribution is -0.137. The predicted molar refractivity (Wildman–Crippen MR) is 87.0 cm³/mol. The van der Waals surface area contributed by atoms with Crippen LogP contribution in [0.2, 0.25) is 0 Å². The Hall–Kier alpha value is -2.37. The van der Waals surface area contributed by atoms with Gasteiger partial charge < -0.3 is 15.7 Å². The van der Waals surface area contributed by atoms with Crippen LogP contribution in [0.1, 0.15) is 44.6 Å². The van der Waals surface area contributed by atoms with E-state index >= 15 is 0 Å². The molecule has 0 aliphatic rings. The van der Waals surface area contributed by atoms with Crippen LogP contribution in [0.5, 0.6) is 0 Å². The fraction of sp³-hybridized carbons (Fsp3) is 0.471. The third kappa shape index (κ3) is 7.99. The monoisotopic (exact) mass is 320 g/mol. The van der Waals surface area contributed by atoms with Crippen molar-refractivity contribution in [1.82, 2.24) is 10.6 Å². The second kappa shape index (κ2) is 9.61. The van der Waals surface area contributed by atoms with Gasteiger partial charge in [0.1, 0.15) is 0 Å². The second-order valence-electron chi connectivity index (χ2n) is 5.73. The van der Waals surface area contributed by atoms with E-state index in [-0.39, 0.29) is 49.6 Å². The number of carboxylic acid groups (broad SMARTS) is 1. The number of carbonyl (C=O) groups is 3. The minimum Gasteiger partial charge on any atom is -0.481 e. The number of carbonyl (C=O) groups excluding carboxylic acids is 2. The molecule has 0 aliphatic heterocycles. The third-order valence-electron chi connectivity index (χ3n) is 3.25. The van der Waals surface area contributed by atoms with Gasteiger partial charge in [-0.1, -0.05) is 30.3 Å². The average molecular weight is 320 g/mol. The van der Waals surface area contributed by atoms with Crippen LogP contribution in [0.15, 0.2) is 30.3 Å². The van der Waals surface area contributed by atoms with Crippen molar-refractivity contribution in [3.8, 4) is 0 Å². The first-order chi connectivity index (χ1) is 10.9. The fourth-order valence-corrected chi connectivity index (χ4v) is 2.25. The van der Waals surface area contributed by atoms with E-state index in [0.717, 1.165) is 5.56 Å². The summed E-state index contributed by atoms with van der Waals surface area (Å²) in [5, 5.41) is 14.4. The lowest BCUT2D eigenvalue weighted by Gasteiger charge is -2.15. The molecule has 0 bridgehead atoms. The topological polar surface area (TPSA) is 95.5 Å². The molecule has 0 saturated heterocycles. The number of nitrogens with one attached hydrogen (secondary N) is 2. The second-order valence-corrected chi connectivity index (χ2v) is 5.73. The van der Waals surface area contributed by atoms with Gasteiger partial charge in [0.05, 0.1) is 6.42 Å². The Labute approximate surface area is 136 Å². The van der Waals surface area contributed by atoms with Crippen molar-refractivity contribution in [3.63, 3.8) is 0 Å². The number of aliphatic carboxylic acids is 1. The first-order valence-electron chi connectivity index (χ1n) is 7.71. The molecule has 1 aromatic carbocycles. The molecule has 0 radical (unpaired) electrons. The molecular formula is C17H24N2O4. The van der Waals surface area contributed by atoms with Crippen LogP contribution >= 0.6 is 0 Å². The summed E-state index contributed by atoms with van der Waals surface area (Å²) in [6, 6.07) is 9.18. The minimum atomic E-state index is -0.942. The molecule has 0 aromatic heterocycles. The molecule has 0 aliphatic carbocycles. The summed E-state index contributed by atoms with van der Waals surface area (Å²) < 4.78 is 0. The van der Waals surface area contributed by atoms with Crippen LogP contribution in [0.25, 0.3) is 0 Å². The lowest BCUT2D eigenvalue weighted by Crippen LogP contribution is -2.34. The normalized spacial score (nSPS) is 11.8. The van der Waals surface area contributed by atoms with Crippen molar-refractivity contribution in [2.45, 2.75) is 45.1 Å². The van der Waals surface area contributed by atoms with Crippen molar-refractivity contribution in [2.24, 2.45) is 0 Å². The molecule has 0 spiro atoms. The molecule has 23 heavy (non-hydrogen) atoms. The quantitative estimate of drug-likeness (QED) is 0.645. The molecule has 0 saturated carbocycles. The molecule has 0 fully saturated rings. The van der Waals surface area contributed by atoms with Gasteiger partial charge in [-0.2, -0.15) is 0 Å². The van der Waals surface area contributed by atoms with Gasteiger partial charge in [-0.25, -0.2) is 0 Å². The molecule has 1 atom stereocenters. The summed E-state index contributed by atoms with van der Waals surface area (Å²) in [6.45, 7) is 3.98. The standard InChI is InChI=1S/C17H24N2O4/c1-12(2)19-15(20)8-9-18-16(21)10-14(11-17(22)23)13-6-4-3-5-7-13/h3-7,12,14H,8-11H2,1-2H3,(H,18,21)(H,19,20)(H,22,23)/t14-/m0/s1. The Morgan fingerprint density at radius 1 is 1.04 bits per heavy atom. The molecule has 0 unspecified atom stereocenters. The van der Waals surface area contributed by atoms with Crippen LogP contribution in [0.3, 0.4) is 0 Å². The molecule has 126 valence electrons. The highest BCUT2D eigenvalue weighted by atomic mass is 16.4. The van der Waals surface area contributed by atoms with Crippen molar-refractivity contribution in [1.29, 1.82) is 0 Å². The first kappa shape index (κ1) is 18.7. The molecule has 6 nitrogen and oxygen atoms in total. The number of carboxylic acids is 1. The minimum absolute atomic E-state index is 0.0660. The smallest absolute Gasteiger partial charge is 0.303 e. The number of benzene rings is 1. The Balaban J connectivity index is 2.48. The number of hydrogen-bond acceptors (Lipinski definition) is 3. The average Bonchev–Trinajstić information content (AvgIpc) is 2.46. The summed E-state index contributed by atoms with van der Waals surface area (Å²) in [5.41, 5.74) is 0.822. The van der Waals surface area contributed by atoms with E-state index < -0.39 is 5.97 Å². The molecular weight excluding hydrogens is 296 g/mol. The van der Waals surface area contributed by atoms with E-state index in [1.807, 2.05) is 44.2 Å². The Bertz CT molecular complexity index is 529. The van der Waals surface area contributed by atoms with Gasteiger partial charge in [-0.05, 0) is 19.4 Å². The van der Waals surface area contributed by atoms with E-state index in [0.29, 0.717) is 0 Å². The largest absolute Gasteiger partial charge is 0.481 e. The third-order valence-corrected chi connectivity index (χ3v) is 3.25. The van der Waals surface area contributed by atoms with E-state index in [9.17, 15) is 14.4 Å². The lowest BCUT2D eigenvalue weighted by atomic mass is 9.92. The maximum Gasteiger partial charge on any atom is 0.303 e. The highest BCUT2D eigenvalue weighted by molar-refractivity contribution is 5.80. The summed E-state index contributed by atoms with van der Waals surface area (Å²) in [6.07, 6.45) is 0.187. The highest BCUT2D eigenvalue weighted by Gasteiger charge is 2.19. The number of rotatable bonds is 9. The zero-order chi connectivity index (χ0) is 17.2. The van der Waals surface area contributed by atoms with Gasteiger partial charge in [0.2, 0.25) is 11.8 Å². The molecule has 3 N–H and O–H groups in total. The number of amides is 2. The van der Waals surface area contributed by atoms with Crippen LogP contribution in [0, 0.1) is 0 Å². The van der Waals surface area contributed by atoms with Crippen LogP contribution in [-0.4, -0.2) is 35.5 Å². The van der Waals surface area contributed by atoms with Gasteiger partial charge in [0.25, 0.3) is 0 Å². The van der Waals surface area contributed by atoms with E-state index in [4.69, 9.17) is 5.11 Å². The predicted octanol–water partition coefficient (Wildman–Crippen LogP) is 1.67.